The van der Waals surface area contributed by atoms with E-state index in [1.54, 1.807) is 0 Å². The molecule has 0 saturated carbocycles. The number of nitrogen functional groups attached to an aromatic ring is 1. The second kappa shape index (κ2) is 6.20. The summed E-state index contributed by atoms with van der Waals surface area (Å²) in [6, 6.07) is 16.6. The van der Waals surface area contributed by atoms with E-state index in [-0.39, 0.29) is 0 Å². The highest BCUT2D eigenvalue weighted by Gasteiger charge is 2.14. The second-order valence-electron chi connectivity index (χ2n) is 6.98. The van der Waals surface area contributed by atoms with Gasteiger partial charge in [0.05, 0.1) is 12.1 Å². The van der Waals surface area contributed by atoms with Crippen LogP contribution in [0.1, 0.15) is 25.0 Å². The first-order valence-electron chi connectivity index (χ1n) is 8.70. The van der Waals surface area contributed by atoms with Crippen LogP contribution in [0.4, 0.5) is 5.82 Å². The molecule has 0 radical (unpaired) electrons. The molecule has 4 aromatic rings. The molecule has 0 aliphatic heterocycles. The molecule has 126 valence electrons. The van der Waals surface area contributed by atoms with E-state index < -0.39 is 0 Å². The summed E-state index contributed by atoms with van der Waals surface area (Å²) in [5.41, 5.74) is 10.5. The molecule has 0 atom stereocenters. The normalized spacial score (nSPS) is 11.6. The Morgan fingerprint density at radius 2 is 1.84 bits per heavy atom. The highest BCUT2D eigenvalue weighted by molar-refractivity contribution is 6.09. The fourth-order valence-corrected chi connectivity index (χ4v) is 3.43. The number of anilines is 1. The lowest BCUT2D eigenvalue weighted by Gasteiger charge is -2.10. The molecule has 2 heterocycles. The topological polar surface area (TPSA) is 56.7 Å². The van der Waals surface area contributed by atoms with Crippen molar-refractivity contribution >= 4 is 27.6 Å². The SMILES string of the molecule is CC(C)Cc1cccc2nc(N)c3nn(Cc4ccccc4)cc3c12. The summed E-state index contributed by atoms with van der Waals surface area (Å²) >= 11 is 0. The van der Waals surface area contributed by atoms with Crippen LogP contribution in [0.5, 0.6) is 0 Å². The molecule has 4 heteroatoms. The van der Waals surface area contributed by atoms with Gasteiger partial charge in [0.2, 0.25) is 0 Å². The van der Waals surface area contributed by atoms with Gasteiger partial charge in [-0.05, 0) is 29.5 Å². The maximum Gasteiger partial charge on any atom is 0.152 e. The van der Waals surface area contributed by atoms with Gasteiger partial charge in [-0.2, -0.15) is 5.10 Å². The minimum Gasteiger partial charge on any atom is -0.382 e. The van der Waals surface area contributed by atoms with Crippen LogP contribution in [0, 0.1) is 5.92 Å². The van der Waals surface area contributed by atoms with Crippen LogP contribution in [0.25, 0.3) is 21.8 Å². The lowest BCUT2D eigenvalue weighted by Crippen LogP contribution is -2.00. The van der Waals surface area contributed by atoms with Gasteiger partial charge in [0.25, 0.3) is 0 Å². The van der Waals surface area contributed by atoms with Gasteiger partial charge in [-0.15, -0.1) is 0 Å². The molecule has 0 bridgehead atoms. The quantitative estimate of drug-likeness (QED) is 0.603. The van der Waals surface area contributed by atoms with Crippen LogP contribution in [0.15, 0.2) is 54.7 Å². The zero-order chi connectivity index (χ0) is 17.4. The first-order chi connectivity index (χ1) is 12.1. The fourth-order valence-electron chi connectivity index (χ4n) is 3.43. The Balaban J connectivity index is 1.90. The largest absolute Gasteiger partial charge is 0.382 e. The van der Waals surface area contributed by atoms with Gasteiger partial charge in [0.15, 0.2) is 5.82 Å². The van der Waals surface area contributed by atoms with Crippen LogP contribution < -0.4 is 5.73 Å². The molecule has 0 amide bonds. The van der Waals surface area contributed by atoms with Gasteiger partial charge in [-0.1, -0.05) is 56.3 Å². The van der Waals surface area contributed by atoms with E-state index in [0.29, 0.717) is 11.7 Å². The molecule has 2 aromatic carbocycles. The molecule has 2 aromatic heterocycles. The average Bonchev–Trinajstić information content (AvgIpc) is 2.99. The number of hydrogen-bond donors (Lipinski definition) is 1. The van der Waals surface area contributed by atoms with Crippen molar-refractivity contribution < 1.29 is 0 Å². The highest BCUT2D eigenvalue weighted by atomic mass is 15.3. The third-order valence-corrected chi connectivity index (χ3v) is 4.46. The number of rotatable bonds is 4. The summed E-state index contributed by atoms with van der Waals surface area (Å²) in [6.45, 7) is 5.20. The summed E-state index contributed by atoms with van der Waals surface area (Å²) in [7, 11) is 0. The molecule has 0 unspecified atom stereocenters. The fraction of sp³-hybridized carbons (Fsp3) is 0.238. The van der Waals surface area contributed by atoms with E-state index in [1.807, 2.05) is 28.9 Å². The van der Waals surface area contributed by atoms with Crippen LogP contribution >= 0.6 is 0 Å². The Morgan fingerprint density at radius 3 is 2.60 bits per heavy atom. The van der Waals surface area contributed by atoms with E-state index in [2.05, 4.69) is 49.3 Å². The van der Waals surface area contributed by atoms with Crippen LogP contribution in [0.3, 0.4) is 0 Å². The van der Waals surface area contributed by atoms with Crippen molar-refractivity contribution in [2.75, 3.05) is 5.73 Å². The minimum atomic E-state index is 0.496. The van der Waals surface area contributed by atoms with Gasteiger partial charge in [-0.25, -0.2) is 4.98 Å². The molecular formula is C21H22N4. The second-order valence-corrected chi connectivity index (χ2v) is 6.98. The predicted molar refractivity (Wildman–Crippen MR) is 104 cm³/mol. The van der Waals surface area contributed by atoms with Crippen LogP contribution in [-0.2, 0) is 13.0 Å². The Morgan fingerprint density at radius 1 is 1.04 bits per heavy atom. The number of aromatic nitrogens is 3. The first kappa shape index (κ1) is 15.6. The van der Waals surface area contributed by atoms with Crippen molar-refractivity contribution in [3.05, 3.63) is 65.9 Å². The number of nitrogens with two attached hydrogens (primary N) is 1. The summed E-state index contributed by atoms with van der Waals surface area (Å²) in [6.07, 6.45) is 3.12. The van der Waals surface area contributed by atoms with E-state index >= 15 is 0 Å². The van der Waals surface area contributed by atoms with Crippen LogP contribution in [-0.4, -0.2) is 14.8 Å². The van der Waals surface area contributed by atoms with Gasteiger partial charge in [0, 0.05) is 17.0 Å². The summed E-state index contributed by atoms with van der Waals surface area (Å²) < 4.78 is 1.96. The molecule has 25 heavy (non-hydrogen) atoms. The van der Waals surface area contributed by atoms with Gasteiger partial charge in [-0.3, -0.25) is 4.68 Å². The van der Waals surface area contributed by atoms with Gasteiger partial charge in [0.1, 0.15) is 5.52 Å². The molecule has 0 aliphatic carbocycles. The van der Waals surface area contributed by atoms with Crippen molar-refractivity contribution in [1.29, 1.82) is 0 Å². The monoisotopic (exact) mass is 330 g/mol. The van der Waals surface area contributed by atoms with Crippen molar-refractivity contribution in [3.8, 4) is 0 Å². The van der Waals surface area contributed by atoms with E-state index in [4.69, 9.17) is 10.8 Å². The van der Waals surface area contributed by atoms with Gasteiger partial charge < -0.3 is 5.73 Å². The summed E-state index contributed by atoms with van der Waals surface area (Å²) in [5, 5.41) is 6.98. The first-order valence-corrected chi connectivity index (χ1v) is 8.70. The predicted octanol–water partition coefficient (Wildman–Crippen LogP) is 4.41. The molecule has 0 saturated heterocycles. The summed E-state index contributed by atoms with van der Waals surface area (Å²) in [4.78, 5) is 4.59. The zero-order valence-corrected chi connectivity index (χ0v) is 14.6. The summed E-state index contributed by atoms with van der Waals surface area (Å²) in [5.74, 6) is 1.08. The molecular weight excluding hydrogens is 308 g/mol. The molecule has 0 spiro atoms. The Bertz CT molecular complexity index is 1030. The van der Waals surface area contributed by atoms with E-state index in [9.17, 15) is 0 Å². The third-order valence-electron chi connectivity index (χ3n) is 4.46. The minimum absolute atomic E-state index is 0.496. The number of pyridine rings is 1. The van der Waals surface area contributed by atoms with Crippen LogP contribution in [0.2, 0.25) is 0 Å². The van der Waals surface area contributed by atoms with Crippen molar-refractivity contribution in [2.24, 2.45) is 5.92 Å². The standard InChI is InChI=1S/C21H22N4/c1-14(2)11-16-9-6-10-18-19(16)17-13-25(24-20(17)21(22)23-18)12-15-7-4-3-5-8-15/h3-10,13-14H,11-12H2,1-2H3,(H2,22,23). The lowest BCUT2D eigenvalue weighted by molar-refractivity contribution is 0.650. The molecule has 4 rings (SSSR count). The van der Waals surface area contributed by atoms with Crippen molar-refractivity contribution in [1.82, 2.24) is 14.8 Å². The molecule has 0 aliphatic rings. The highest BCUT2D eigenvalue weighted by Crippen LogP contribution is 2.31. The number of hydrogen-bond acceptors (Lipinski definition) is 3. The number of benzene rings is 2. The van der Waals surface area contributed by atoms with Crippen molar-refractivity contribution in [2.45, 2.75) is 26.8 Å². The lowest BCUT2D eigenvalue weighted by atomic mass is 9.97. The Labute approximate surface area is 147 Å². The Hall–Kier alpha value is -2.88. The number of nitrogens with zero attached hydrogens (tertiary/aromatic N) is 3. The molecule has 2 N–H and O–H groups in total. The Kier molecular flexibility index (Phi) is 3.88. The van der Waals surface area contributed by atoms with Crippen molar-refractivity contribution in [3.63, 3.8) is 0 Å². The zero-order valence-electron chi connectivity index (χ0n) is 14.6. The third kappa shape index (κ3) is 2.95. The number of fused-ring (bicyclic) bond motifs is 3. The molecule has 0 fully saturated rings. The van der Waals surface area contributed by atoms with E-state index in [0.717, 1.165) is 29.4 Å². The maximum atomic E-state index is 6.19. The van der Waals surface area contributed by atoms with Gasteiger partial charge >= 0.3 is 0 Å². The maximum absolute atomic E-state index is 6.19. The average molecular weight is 330 g/mol. The van der Waals surface area contributed by atoms with E-state index in [1.165, 1.54) is 16.5 Å². The smallest absolute Gasteiger partial charge is 0.152 e. The molecule has 4 nitrogen and oxygen atoms in total.